The van der Waals surface area contributed by atoms with Crippen LogP contribution in [0.25, 0.3) is 0 Å². The molecule has 2 saturated heterocycles. The summed E-state index contributed by atoms with van der Waals surface area (Å²) in [6.45, 7) is 4.88. The molecule has 2 aliphatic heterocycles. The predicted octanol–water partition coefficient (Wildman–Crippen LogP) is 2.90. The minimum atomic E-state index is -0.386. The SMILES string of the molecule is CC1CN2CCCC2CN1C(=O)c1cccc(F)c1Br. The van der Waals surface area contributed by atoms with E-state index in [0.717, 1.165) is 26.1 Å². The van der Waals surface area contributed by atoms with Crippen molar-refractivity contribution in [2.75, 3.05) is 19.6 Å². The number of rotatable bonds is 1. The Morgan fingerprint density at radius 2 is 2.20 bits per heavy atom. The van der Waals surface area contributed by atoms with E-state index in [-0.39, 0.29) is 22.2 Å². The highest BCUT2D eigenvalue weighted by atomic mass is 79.9. The standard InChI is InChI=1S/C15H18BrFN2O/c1-10-8-18-7-3-4-11(18)9-19(10)15(20)12-5-2-6-13(17)14(12)16/h2,5-6,10-11H,3-4,7-9H2,1H3. The quantitative estimate of drug-likeness (QED) is 0.784. The van der Waals surface area contributed by atoms with Crippen LogP contribution in [0.15, 0.2) is 22.7 Å². The Balaban J connectivity index is 1.84. The van der Waals surface area contributed by atoms with Crippen LogP contribution in [0.5, 0.6) is 0 Å². The molecule has 0 aliphatic carbocycles. The molecular formula is C15H18BrFN2O. The fourth-order valence-corrected chi connectivity index (χ4v) is 3.73. The number of nitrogens with zero attached hydrogens (tertiary/aromatic N) is 2. The second kappa shape index (κ2) is 5.45. The van der Waals surface area contributed by atoms with Gasteiger partial charge in [0, 0.05) is 25.2 Å². The molecule has 3 rings (SSSR count). The van der Waals surface area contributed by atoms with E-state index in [1.807, 2.05) is 4.90 Å². The average molecular weight is 341 g/mol. The first-order valence-corrected chi connectivity index (χ1v) is 7.86. The lowest BCUT2D eigenvalue weighted by molar-refractivity contribution is 0.0394. The van der Waals surface area contributed by atoms with Gasteiger partial charge in [0.05, 0.1) is 10.0 Å². The van der Waals surface area contributed by atoms with Crippen LogP contribution in [0.3, 0.4) is 0 Å². The van der Waals surface area contributed by atoms with Gasteiger partial charge in [0.2, 0.25) is 0 Å². The number of piperazine rings is 1. The molecule has 1 aromatic carbocycles. The predicted molar refractivity (Wildman–Crippen MR) is 79.2 cm³/mol. The van der Waals surface area contributed by atoms with E-state index in [2.05, 4.69) is 27.8 Å². The van der Waals surface area contributed by atoms with Crippen molar-refractivity contribution in [3.05, 3.63) is 34.1 Å². The molecule has 0 radical (unpaired) electrons. The van der Waals surface area contributed by atoms with Crippen LogP contribution in [-0.4, -0.2) is 47.4 Å². The van der Waals surface area contributed by atoms with E-state index in [1.165, 1.54) is 12.5 Å². The summed E-state index contributed by atoms with van der Waals surface area (Å²) in [4.78, 5) is 17.0. The summed E-state index contributed by atoms with van der Waals surface area (Å²) in [6, 6.07) is 5.28. The molecule has 1 aromatic rings. The maximum Gasteiger partial charge on any atom is 0.255 e. The molecule has 2 aliphatic rings. The van der Waals surface area contributed by atoms with E-state index in [1.54, 1.807) is 12.1 Å². The Bertz CT molecular complexity index is 537. The van der Waals surface area contributed by atoms with Crippen LogP contribution < -0.4 is 0 Å². The molecule has 0 aromatic heterocycles. The summed E-state index contributed by atoms with van der Waals surface area (Å²) in [5.41, 5.74) is 0.420. The lowest BCUT2D eigenvalue weighted by Crippen LogP contribution is -2.56. The van der Waals surface area contributed by atoms with E-state index >= 15 is 0 Å². The number of halogens is 2. The average Bonchev–Trinajstić information content (AvgIpc) is 2.87. The van der Waals surface area contributed by atoms with Gasteiger partial charge in [0.25, 0.3) is 5.91 Å². The molecule has 1 amide bonds. The molecule has 0 bridgehead atoms. The largest absolute Gasteiger partial charge is 0.333 e. The van der Waals surface area contributed by atoms with Crippen LogP contribution in [-0.2, 0) is 0 Å². The van der Waals surface area contributed by atoms with Gasteiger partial charge in [-0.05, 0) is 54.4 Å². The van der Waals surface area contributed by atoms with Gasteiger partial charge in [-0.1, -0.05) is 6.07 Å². The first kappa shape index (κ1) is 14.0. The van der Waals surface area contributed by atoms with Gasteiger partial charge >= 0.3 is 0 Å². The zero-order valence-electron chi connectivity index (χ0n) is 11.5. The second-order valence-electron chi connectivity index (χ2n) is 5.70. The van der Waals surface area contributed by atoms with Crippen molar-refractivity contribution in [2.45, 2.75) is 31.8 Å². The molecule has 0 N–H and O–H groups in total. The lowest BCUT2D eigenvalue weighted by atomic mass is 10.1. The van der Waals surface area contributed by atoms with Crippen LogP contribution in [0.4, 0.5) is 4.39 Å². The topological polar surface area (TPSA) is 23.6 Å². The van der Waals surface area contributed by atoms with E-state index in [0.29, 0.717) is 11.6 Å². The third-order valence-electron chi connectivity index (χ3n) is 4.38. The number of benzene rings is 1. The van der Waals surface area contributed by atoms with Gasteiger partial charge in [-0.15, -0.1) is 0 Å². The fraction of sp³-hybridized carbons (Fsp3) is 0.533. The van der Waals surface area contributed by atoms with E-state index in [4.69, 9.17) is 0 Å². The van der Waals surface area contributed by atoms with Gasteiger partial charge in [-0.3, -0.25) is 9.69 Å². The van der Waals surface area contributed by atoms with Gasteiger partial charge in [0.15, 0.2) is 0 Å². The summed E-state index contributed by atoms with van der Waals surface area (Å²) in [5.74, 6) is -0.460. The molecule has 0 saturated carbocycles. The molecule has 2 atom stereocenters. The highest BCUT2D eigenvalue weighted by Gasteiger charge is 2.37. The van der Waals surface area contributed by atoms with Crippen molar-refractivity contribution >= 4 is 21.8 Å². The van der Waals surface area contributed by atoms with Crippen molar-refractivity contribution in [3.63, 3.8) is 0 Å². The number of carbonyl (C=O) groups is 1. The first-order chi connectivity index (χ1) is 9.58. The van der Waals surface area contributed by atoms with Crippen molar-refractivity contribution in [1.29, 1.82) is 0 Å². The maximum absolute atomic E-state index is 13.6. The Kier molecular flexibility index (Phi) is 3.82. The number of amides is 1. The number of fused-ring (bicyclic) bond motifs is 1. The molecule has 2 heterocycles. The third-order valence-corrected chi connectivity index (χ3v) is 5.19. The number of hydrogen-bond donors (Lipinski definition) is 0. The van der Waals surface area contributed by atoms with E-state index in [9.17, 15) is 9.18 Å². The minimum absolute atomic E-state index is 0.0737. The molecule has 0 spiro atoms. The highest BCUT2D eigenvalue weighted by molar-refractivity contribution is 9.10. The van der Waals surface area contributed by atoms with Crippen LogP contribution in [0.2, 0.25) is 0 Å². The van der Waals surface area contributed by atoms with Crippen LogP contribution >= 0.6 is 15.9 Å². The van der Waals surface area contributed by atoms with Crippen LogP contribution in [0.1, 0.15) is 30.1 Å². The van der Waals surface area contributed by atoms with Crippen LogP contribution in [0, 0.1) is 5.82 Å². The molecule has 20 heavy (non-hydrogen) atoms. The second-order valence-corrected chi connectivity index (χ2v) is 6.49. The summed E-state index contributed by atoms with van der Waals surface area (Å²) >= 11 is 3.19. The van der Waals surface area contributed by atoms with Gasteiger partial charge < -0.3 is 4.90 Å². The summed E-state index contributed by atoms with van der Waals surface area (Å²) < 4.78 is 13.9. The molecule has 2 unspecified atom stereocenters. The normalized spacial score (nSPS) is 26.6. The van der Waals surface area contributed by atoms with Crippen molar-refractivity contribution in [1.82, 2.24) is 9.80 Å². The zero-order valence-corrected chi connectivity index (χ0v) is 13.1. The Hall–Kier alpha value is -0.940. The fourth-order valence-electron chi connectivity index (χ4n) is 3.29. The Morgan fingerprint density at radius 1 is 1.40 bits per heavy atom. The zero-order chi connectivity index (χ0) is 14.3. The van der Waals surface area contributed by atoms with Gasteiger partial charge in [0.1, 0.15) is 5.82 Å². The monoisotopic (exact) mass is 340 g/mol. The maximum atomic E-state index is 13.6. The Morgan fingerprint density at radius 3 is 3.00 bits per heavy atom. The number of carbonyl (C=O) groups excluding carboxylic acids is 1. The molecular weight excluding hydrogens is 323 g/mol. The van der Waals surface area contributed by atoms with Crippen molar-refractivity contribution < 1.29 is 9.18 Å². The molecule has 108 valence electrons. The van der Waals surface area contributed by atoms with Crippen molar-refractivity contribution in [3.8, 4) is 0 Å². The highest BCUT2D eigenvalue weighted by Crippen LogP contribution is 2.28. The molecule has 5 heteroatoms. The molecule has 3 nitrogen and oxygen atoms in total. The third kappa shape index (κ3) is 2.37. The summed E-state index contributed by atoms with van der Waals surface area (Å²) in [6.07, 6.45) is 2.36. The number of hydrogen-bond acceptors (Lipinski definition) is 2. The lowest BCUT2D eigenvalue weighted by Gasteiger charge is -2.42. The molecule has 2 fully saturated rings. The first-order valence-electron chi connectivity index (χ1n) is 7.07. The van der Waals surface area contributed by atoms with E-state index < -0.39 is 0 Å². The van der Waals surface area contributed by atoms with Gasteiger partial charge in [-0.2, -0.15) is 0 Å². The van der Waals surface area contributed by atoms with Gasteiger partial charge in [-0.25, -0.2) is 4.39 Å². The summed E-state index contributed by atoms with van der Waals surface area (Å²) in [5, 5.41) is 0. The summed E-state index contributed by atoms with van der Waals surface area (Å²) in [7, 11) is 0. The Labute approximate surface area is 126 Å². The van der Waals surface area contributed by atoms with Crippen molar-refractivity contribution in [2.24, 2.45) is 0 Å². The smallest absolute Gasteiger partial charge is 0.255 e. The minimum Gasteiger partial charge on any atom is -0.333 e.